The Balaban J connectivity index is 2.33. The van der Waals surface area contributed by atoms with E-state index in [0.717, 1.165) is 0 Å². The van der Waals surface area contributed by atoms with E-state index < -0.39 is 12.1 Å². The number of hydrogen-bond acceptors (Lipinski definition) is 3. The minimum atomic E-state index is -0.986. The lowest BCUT2D eigenvalue weighted by atomic mass is 9.98. The van der Waals surface area contributed by atoms with E-state index in [1.54, 1.807) is 48.5 Å². The first kappa shape index (κ1) is 16.3. The van der Waals surface area contributed by atoms with Crippen LogP contribution in [-0.4, -0.2) is 28.1 Å². The SMILES string of the molecule is CC(C#Cc1ccccc1C(=O)c1ccccc1)N(O)C(N)=O. The van der Waals surface area contributed by atoms with Gasteiger partial charge >= 0.3 is 6.03 Å². The second kappa shape index (κ2) is 7.25. The monoisotopic (exact) mass is 308 g/mol. The van der Waals surface area contributed by atoms with Crippen LogP contribution < -0.4 is 5.73 Å². The zero-order chi connectivity index (χ0) is 16.8. The van der Waals surface area contributed by atoms with Gasteiger partial charge in [-0.3, -0.25) is 10.0 Å². The predicted molar refractivity (Wildman–Crippen MR) is 85.9 cm³/mol. The highest BCUT2D eigenvalue weighted by atomic mass is 16.5. The van der Waals surface area contributed by atoms with Gasteiger partial charge in [0.1, 0.15) is 6.04 Å². The van der Waals surface area contributed by atoms with Crippen molar-refractivity contribution in [3.63, 3.8) is 0 Å². The molecule has 0 fully saturated rings. The van der Waals surface area contributed by atoms with Crippen LogP contribution in [0.4, 0.5) is 4.79 Å². The summed E-state index contributed by atoms with van der Waals surface area (Å²) in [4.78, 5) is 23.4. The number of nitrogens with zero attached hydrogens (tertiary/aromatic N) is 1. The number of carbonyl (C=O) groups excluding carboxylic acids is 2. The third-order valence-corrected chi connectivity index (χ3v) is 3.22. The van der Waals surface area contributed by atoms with Crippen molar-refractivity contribution in [2.45, 2.75) is 13.0 Å². The first-order chi connectivity index (χ1) is 11.0. The van der Waals surface area contributed by atoms with Crippen LogP contribution in [0.3, 0.4) is 0 Å². The molecule has 0 aliphatic heterocycles. The number of amides is 2. The molecule has 2 amide bonds. The Bertz CT molecular complexity index is 776. The van der Waals surface area contributed by atoms with Gasteiger partial charge in [0.05, 0.1) is 0 Å². The van der Waals surface area contributed by atoms with Gasteiger partial charge in [-0.2, -0.15) is 5.06 Å². The van der Waals surface area contributed by atoms with E-state index in [1.807, 2.05) is 6.07 Å². The quantitative estimate of drug-likeness (QED) is 0.395. The van der Waals surface area contributed by atoms with E-state index in [9.17, 15) is 14.8 Å². The van der Waals surface area contributed by atoms with Gasteiger partial charge in [-0.25, -0.2) is 4.79 Å². The number of hydroxylamine groups is 2. The summed E-state index contributed by atoms with van der Waals surface area (Å²) in [5, 5.41) is 9.76. The van der Waals surface area contributed by atoms with Crippen LogP contribution >= 0.6 is 0 Å². The minimum Gasteiger partial charge on any atom is -0.350 e. The Morgan fingerprint density at radius 2 is 1.70 bits per heavy atom. The van der Waals surface area contributed by atoms with Crippen LogP contribution in [0.5, 0.6) is 0 Å². The average molecular weight is 308 g/mol. The number of ketones is 1. The lowest BCUT2D eigenvalue weighted by Crippen LogP contribution is -2.38. The Kier molecular flexibility index (Phi) is 5.13. The van der Waals surface area contributed by atoms with E-state index in [0.29, 0.717) is 21.8 Å². The first-order valence-electron chi connectivity index (χ1n) is 6.98. The Morgan fingerprint density at radius 3 is 2.35 bits per heavy atom. The van der Waals surface area contributed by atoms with E-state index in [2.05, 4.69) is 11.8 Å². The molecule has 5 nitrogen and oxygen atoms in total. The van der Waals surface area contributed by atoms with Crippen molar-refractivity contribution in [1.29, 1.82) is 0 Å². The molecule has 1 unspecified atom stereocenters. The van der Waals surface area contributed by atoms with Crippen LogP contribution in [0.15, 0.2) is 54.6 Å². The smallest absolute Gasteiger partial charge is 0.339 e. The molecule has 0 saturated carbocycles. The normalized spacial score (nSPS) is 11.0. The third-order valence-electron chi connectivity index (χ3n) is 3.22. The number of rotatable bonds is 3. The van der Waals surface area contributed by atoms with E-state index in [-0.39, 0.29) is 5.78 Å². The van der Waals surface area contributed by atoms with Gasteiger partial charge < -0.3 is 5.73 Å². The highest BCUT2D eigenvalue weighted by Crippen LogP contribution is 2.14. The van der Waals surface area contributed by atoms with Gasteiger partial charge in [-0.1, -0.05) is 54.3 Å². The van der Waals surface area contributed by atoms with Crippen molar-refractivity contribution in [1.82, 2.24) is 5.06 Å². The summed E-state index contributed by atoms with van der Waals surface area (Å²) in [6.45, 7) is 1.53. The average Bonchev–Trinajstić information content (AvgIpc) is 2.59. The number of nitrogens with two attached hydrogens (primary N) is 1. The standard InChI is InChI=1S/C18H16N2O3/c1-13(20(23)18(19)22)11-12-14-7-5-6-10-16(14)17(21)15-8-3-2-4-9-15/h2-10,13,23H,1H3,(H2,19,22). The lowest BCUT2D eigenvalue weighted by Gasteiger charge is -2.14. The first-order valence-corrected chi connectivity index (χ1v) is 6.98. The van der Waals surface area contributed by atoms with Crippen LogP contribution in [0.25, 0.3) is 0 Å². The largest absolute Gasteiger partial charge is 0.350 e. The molecule has 2 rings (SSSR count). The molecule has 0 spiro atoms. The number of hydrogen-bond donors (Lipinski definition) is 2. The predicted octanol–water partition coefficient (Wildman–Crippen LogP) is 2.43. The van der Waals surface area contributed by atoms with Gasteiger partial charge in [0.2, 0.25) is 0 Å². The fourth-order valence-electron chi connectivity index (χ4n) is 1.97. The van der Waals surface area contributed by atoms with Gasteiger partial charge in [0.15, 0.2) is 5.78 Å². The van der Waals surface area contributed by atoms with Gasteiger partial charge in [0, 0.05) is 16.7 Å². The summed E-state index contributed by atoms with van der Waals surface area (Å²) in [5.74, 6) is 5.38. The van der Waals surface area contributed by atoms with Crippen molar-refractivity contribution in [3.05, 3.63) is 71.3 Å². The lowest BCUT2D eigenvalue weighted by molar-refractivity contribution is -0.0536. The Labute approximate surface area is 134 Å². The summed E-state index contributed by atoms with van der Waals surface area (Å²) in [5.41, 5.74) is 6.52. The van der Waals surface area contributed by atoms with Crippen LogP contribution in [-0.2, 0) is 0 Å². The summed E-state index contributed by atoms with van der Waals surface area (Å²) < 4.78 is 0. The molecular weight excluding hydrogens is 292 g/mol. The zero-order valence-electron chi connectivity index (χ0n) is 12.6. The molecule has 2 aromatic rings. The maximum atomic E-state index is 12.6. The van der Waals surface area contributed by atoms with E-state index in [1.165, 1.54) is 6.92 Å². The highest BCUT2D eigenvalue weighted by molar-refractivity contribution is 6.10. The zero-order valence-corrected chi connectivity index (χ0v) is 12.6. The molecule has 116 valence electrons. The van der Waals surface area contributed by atoms with Crippen molar-refractivity contribution in [2.24, 2.45) is 5.73 Å². The molecule has 0 heterocycles. The minimum absolute atomic E-state index is 0.140. The van der Waals surface area contributed by atoms with Gasteiger partial charge in [0.25, 0.3) is 0 Å². The molecule has 0 aromatic heterocycles. The van der Waals surface area contributed by atoms with Crippen LogP contribution in [0.2, 0.25) is 0 Å². The second-order valence-electron chi connectivity index (χ2n) is 4.87. The molecule has 2 aromatic carbocycles. The van der Waals surface area contributed by atoms with Crippen molar-refractivity contribution in [2.75, 3.05) is 0 Å². The van der Waals surface area contributed by atoms with Gasteiger partial charge in [-0.15, -0.1) is 0 Å². The molecule has 0 bridgehead atoms. The molecule has 5 heteroatoms. The number of benzene rings is 2. The molecule has 0 radical (unpaired) electrons. The maximum absolute atomic E-state index is 12.6. The molecule has 23 heavy (non-hydrogen) atoms. The number of carbonyl (C=O) groups is 2. The third kappa shape index (κ3) is 3.96. The van der Waals surface area contributed by atoms with Crippen LogP contribution in [0, 0.1) is 11.8 Å². The second-order valence-corrected chi connectivity index (χ2v) is 4.87. The van der Waals surface area contributed by atoms with Crippen molar-refractivity contribution >= 4 is 11.8 Å². The molecule has 3 N–H and O–H groups in total. The van der Waals surface area contributed by atoms with Gasteiger partial charge in [-0.05, 0) is 19.1 Å². The Hall–Kier alpha value is -3.10. The topological polar surface area (TPSA) is 83.6 Å². The fourth-order valence-corrected chi connectivity index (χ4v) is 1.97. The molecule has 1 atom stereocenters. The van der Waals surface area contributed by atoms with Crippen molar-refractivity contribution in [3.8, 4) is 11.8 Å². The Morgan fingerprint density at radius 1 is 1.09 bits per heavy atom. The van der Waals surface area contributed by atoms with Crippen molar-refractivity contribution < 1.29 is 14.8 Å². The summed E-state index contributed by atoms with van der Waals surface area (Å²) in [6, 6.07) is 14.0. The van der Waals surface area contributed by atoms with E-state index in [4.69, 9.17) is 5.73 Å². The number of urea groups is 1. The molecule has 0 saturated heterocycles. The number of primary amides is 1. The summed E-state index contributed by atoms with van der Waals surface area (Å²) in [7, 11) is 0. The van der Waals surface area contributed by atoms with E-state index >= 15 is 0 Å². The van der Waals surface area contributed by atoms with Crippen LogP contribution in [0.1, 0.15) is 28.4 Å². The summed E-state index contributed by atoms with van der Waals surface area (Å²) >= 11 is 0. The summed E-state index contributed by atoms with van der Waals surface area (Å²) in [6.07, 6.45) is 0. The maximum Gasteiger partial charge on any atom is 0.339 e. The molecule has 0 aliphatic rings. The fraction of sp³-hybridized carbons (Fsp3) is 0.111. The highest BCUT2D eigenvalue weighted by Gasteiger charge is 2.14. The molecular formula is C18H16N2O3. The molecule has 0 aliphatic carbocycles.